The van der Waals surface area contributed by atoms with Crippen molar-refractivity contribution in [2.45, 2.75) is 12.1 Å². The van der Waals surface area contributed by atoms with Gasteiger partial charge in [-0.25, -0.2) is 4.98 Å². The van der Waals surface area contributed by atoms with Gasteiger partial charge in [0.25, 0.3) is 5.56 Å². The summed E-state index contributed by atoms with van der Waals surface area (Å²) in [5.41, 5.74) is 2.80. The van der Waals surface area contributed by atoms with E-state index < -0.39 is 0 Å². The third-order valence-electron chi connectivity index (χ3n) is 4.79. The van der Waals surface area contributed by atoms with Gasteiger partial charge in [0.15, 0.2) is 5.16 Å². The van der Waals surface area contributed by atoms with Gasteiger partial charge in [0.1, 0.15) is 5.75 Å². The average molecular weight is 557 g/mol. The molecule has 0 unspecified atom stereocenters. The topological polar surface area (TPSA) is 73.2 Å². The van der Waals surface area contributed by atoms with Gasteiger partial charge in [0.2, 0.25) is 5.91 Å². The summed E-state index contributed by atoms with van der Waals surface area (Å²) in [6, 6.07) is 20.4. The Morgan fingerprint density at radius 1 is 1.12 bits per heavy atom. The molecule has 1 heterocycles. The highest BCUT2D eigenvalue weighted by atomic mass is 127. The molecule has 4 rings (SSSR count). The molecule has 0 bridgehead atoms. The molecule has 32 heavy (non-hydrogen) atoms. The van der Waals surface area contributed by atoms with Crippen LogP contribution in [0, 0.1) is 10.5 Å². The van der Waals surface area contributed by atoms with Crippen molar-refractivity contribution in [3.8, 4) is 11.4 Å². The first-order chi connectivity index (χ1) is 15.5. The number of carbonyl (C=O) groups excluding carboxylic acids is 1. The van der Waals surface area contributed by atoms with E-state index in [-0.39, 0.29) is 17.2 Å². The monoisotopic (exact) mass is 557 g/mol. The number of nitrogens with one attached hydrogen (secondary N) is 1. The molecule has 3 aromatic carbocycles. The lowest BCUT2D eigenvalue weighted by Crippen LogP contribution is -2.23. The zero-order chi connectivity index (χ0) is 22.7. The zero-order valence-electron chi connectivity index (χ0n) is 17.5. The number of halogens is 1. The number of thioether (sulfide) groups is 1. The van der Waals surface area contributed by atoms with Gasteiger partial charge in [-0.2, -0.15) is 0 Å². The van der Waals surface area contributed by atoms with Crippen molar-refractivity contribution >= 4 is 56.9 Å². The molecule has 1 amide bonds. The van der Waals surface area contributed by atoms with Crippen LogP contribution in [-0.4, -0.2) is 28.3 Å². The summed E-state index contributed by atoms with van der Waals surface area (Å²) < 4.78 is 7.94. The van der Waals surface area contributed by atoms with Crippen LogP contribution in [-0.2, 0) is 4.79 Å². The molecule has 4 aromatic rings. The normalized spacial score (nSPS) is 10.8. The third kappa shape index (κ3) is 4.81. The number of hydrogen-bond acceptors (Lipinski definition) is 5. The molecular formula is C24H20IN3O3S. The summed E-state index contributed by atoms with van der Waals surface area (Å²) in [4.78, 5) is 30.8. The fourth-order valence-electron chi connectivity index (χ4n) is 3.23. The van der Waals surface area contributed by atoms with Crippen molar-refractivity contribution in [2.75, 3.05) is 18.2 Å². The van der Waals surface area contributed by atoms with Gasteiger partial charge in [0, 0.05) is 9.26 Å². The Bertz CT molecular complexity index is 1350. The Labute approximate surface area is 203 Å². The number of hydrogen-bond donors (Lipinski definition) is 1. The van der Waals surface area contributed by atoms with Gasteiger partial charge in [-0.1, -0.05) is 41.6 Å². The van der Waals surface area contributed by atoms with Gasteiger partial charge in [0.05, 0.1) is 29.5 Å². The number of fused-ring (bicyclic) bond motifs is 1. The van der Waals surface area contributed by atoms with Crippen LogP contribution in [0.4, 0.5) is 5.69 Å². The number of para-hydroxylation sites is 2. The molecule has 1 aromatic heterocycles. The van der Waals surface area contributed by atoms with Crippen LogP contribution in [0.25, 0.3) is 16.6 Å². The van der Waals surface area contributed by atoms with Crippen LogP contribution in [0.3, 0.4) is 0 Å². The Balaban J connectivity index is 1.72. The predicted octanol–water partition coefficient (Wildman–Crippen LogP) is 5.04. The van der Waals surface area contributed by atoms with Crippen molar-refractivity contribution in [1.29, 1.82) is 0 Å². The Kier molecular flexibility index (Phi) is 6.80. The molecule has 0 aliphatic carbocycles. The lowest BCUT2D eigenvalue weighted by atomic mass is 10.2. The minimum atomic E-state index is -0.209. The molecule has 8 heteroatoms. The summed E-state index contributed by atoms with van der Waals surface area (Å²) >= 11 is 3.38. The van der Waals surface area contributed by atoms with E-state index in [1.54, 1.807) is 19.2 Å². The van der Waals surface area contributed by atoms with Crippen molar-refractivity contribution in [3.05, 3.63) is 86.2 Å². The van der Waals surface area contributed by atoms with E-state index in [1.807, 2.05) is 61.5 Å². The number of benzene rings is 3. The molecule has 0 atom stereocenters. The van der Waals surface area contributed by atoms with E-state index in [0.29, 0.717) is 27.5 Å². The summed E-state index contributed by atoms with van der Waals surface area (Å²) in [6.07, 6.45) is 0. The van der Waals surface area contributed by atoms with Gasteiger partial charge in [-0.05, 0) is 72.0 Å². The summed E-state index contributed by atoms with van der Waals surface area (Å²) in [6.45, 7) is 1.99. The van der Waals surface area contributed by atoms with Crippen LogP contribution in [0.1, 0.15) is 5.56 Å². The fraction of sp³-hybridized carbons (Fsp3) is 0.125. The molecule has 0 radical (unpaired) electrons. The summed E-state index contributed by atoms with van der Waals surface area (Å²) in [5.74, 6) is 0.473. The van der Waals surface area contributed by atoms with Crippen LogP contribution in [0.15, 0.2) is 76.7 Å². The first-order valence-electron chi connectivity index (χ1n) is 9.81. The highest BCUT2D eigenvalue weighted by Crippen LogP contribution is 2.27. The Hall–Kier alpha value is -2.85. The molecule has 1 N–H and O–H groups in total. The van der Waals surface area contributed by atoms with Crippen molar-refractivity contribution < 1.29 is 9.53 Å². The molecule has 0 saturated heterocycles. The Morgan fingerprint density at radius 3 is 2.62 bits per heavy atom. The fourth-order valence-corrected chi connectivity index (χ4v) is 4.52. The number of anilines is 1. The molecule has 0 aliphatic rings. The highest BCUT2D eigenvalue weighted by molar-refractivity contribution is 14.1. The van der Waals surface area contributed by atoms with E-state index in [2.05, 4.69) is 27.9 Å². The summed E-state index contributed by atoms with van der Waals surface area (Å²) in [5, 5.41) is 3.81. The lowest BCUT2D eigenvalue weighted by molar-refractivity contribution is -0.113. The van der Waals surface area contributed by atoms with Crippen LogP contribution in [0.2, 0.25) is 0 Å². The van der Waals surface area contributed by atoms with Crippen molar-refractivity contribution in [1.82, 2.24) is 9.55 Å². The van der Waals surface area contributed by atoms with E-state index in [1.165, 1.54) is 16.3 Å². The largest absolute Gasteiger partial charge is 0.495 e. The third-order valence-corrected chi connectivity index (χ3v) is 6.40. The van der Waals surface area contributed by atoms with E-state index in [9.17, 15) is 9.59 Å². The van der Waals surface area contributed by atoms with E-state index in [0.717, 1.165) is 14.8 Å². The second kappa shape index (κ2) is 9.74. The quantitative estimate of drug-likeness (QED) is 0.205. The van der Waals surface area contributed by atoms with Gasteiger partial charge >= 0.3 is 0 Å². The lowest BCUT2D eigenvalue weighted by Gasteiger charge is -2.16. The number of nitrogens with zero attached hydrogens (tertiary/aromatic N) is 2. The average Bonchev–Trinajstić information content (AvgIpc) is 2.80. The molecule has 0 saturated carbocycles. The van der Waals surface area contributed by atoms with Crippen LogP contribution >= 0.6 is 34.4 Å². The SMILES string of the molecule is COc1ccccc1-n1c(SCC(=O)Nc2ccc(C)cc2)nc2ccc(I)cc2c1=O. The molecule has 0 spiro atoms. The second-order valence-electron chi connectivity index (χ2n) is 7.07. The summed E-state index contributed by atoms with van der Waals surface area (Å²) in [7, 11) is 1.56. The van der Waals surface area contributed by atoms with E-state index >= 15 is 0 Å². The zero-order valence-corrected chi connectivity index (χ0v) is 20.4. The number of rotatable bonds is 6. The van der Waals surface area contributed by atoms with E-state index in [4.69, 9.17) is 9.72 Å². The number of amides is 1. The van der Waals surface area contributed by atoms with Crippen LogP contribution in [0.5, 0.6) is 5.75 Å². The van der Waals surface area contributed by atoms with Gasteiger partial charge in [-0.15, -0.1) is 0 Å². The first-order valence-corrected chi connectivity index (χ1v) is 11.9. The van der Waals surface area contributed by atoms with Gasteiger partial charge < -0.3 is 10.1 Å². The van der Waals surface area contributed by atoms with Crippen molar-refractivity contribution in [2.24, 2.45) is 0 Å². The molecule has 6 nitrogen and oxygen atoms in total. The minimum absolute atomic E-state index is 0.103. The Morgan fingerprint density at radius 2 is 1.88 bits per heavy atom. The molecule has 162 valence electrons. The second-order valence-corrected chi connectivity index (χ2v) is 9.26. The maximum Gasteiger partial charge on any atom is 0.266 e. The number of carbonyl (C=O) groups is 1. The predicted molar refractivity (Wildman–Crippen MR) is 137 cm³/mol. The smallest absolute Gasteiger partial charge is 0.266 e. The first kappa shape index (κ1) is 22.3. The standard InChI is InChI=1S/C24H20IN3O3S/c1-15-7-10-17(11-8-15)26-22(29)14-32-24-27-19-12-9-16(25)13-18(19)23(30)28(24)20-5-3-4-6-21(20)31-2/h3-13H,14H2,1-2H3,(H,26,29). The molecular weight excluding hydrogens is 537 g/mol. The maximum atomic E-state index is 13.5. The highest BCUT2D eigenvalue weighted by Gasteiger charge is 2.17. The van der Waals surface area contributed by atoms with Gasteiger partial charge in [-0.3, -0.25) is 14.2 Å². The number of ether oxygens (including phenoxy) is 1. The molecule has 0 fully saturated rings. The maximum absolute atomic E-state index is 13.5. The molecule has 0 aliphatic heterocycles. The number of methoxy groups -OCH3 is 1. The van der Waals surface area contributed by atoms with Crippen LogP contribution < -0.4 is 15.6 Å². The van der Waals surface area contributed by atoms with Crippen molar-refractivity contribution in [3.63, 3.8) is 0 Å². The number of aryl methyl sites for hydroxylation is 1. The minimum Gasteiger partial charge on any atom is -0.495 e. The number of aromatic nitrogens is 2.